The van der Waals surface area contributed by atoms with Crippen LogP contribution >= 0.6 is 15.9 Å². The first-order valence-corrected chi connectivity index (χ1v) is 12.8. The molecular formula is C28H26BrN5O. The van der Waals surface area contributed by atoms with Crippen LogP contribution < -0.4 is 10.7 Å². The monoisotopic (exact) mass is 527 g/mol. The lowest BCUT2D eigenvalue weighted by Gasteiger charge is -2.22. The van der Waals surface area contributed by atoms with E-state index in [1.807, 2.05) is 12.3 Å². The van der Waals surface area contributed by atoms with Crippen LogP contribution in [0.1, 0.15) is 19.3 Å². The van der Waals surface area contributed by atoms with Crippen molar-refractivity contribution in [1.29, 1.82) is 0 Å². The van der Waals surface area contributed by atoms with Crippen LogP contribution in [-0.4, -0.2) is 41.6 Å². The van der Waals surface area contributed by atoms with Gasteiger partial charge in [-0.25, -0.2) is 4.98 Å². The Kier molecular flexibility index (Phi) is 6.19. The number of fused-ring (bicyclic) bond motifs is 2. The van der Waals surface area contributed by atoms with E-state index in [4.69, 9.17) is 14.7 Å². The molecule has 0 amide bonds. The van der Waals surface area contributed by atoms with E-state index < -0.39 is 0 Å². The molecule has 0 spiro atoms. The summed E-state index contributed by atoms with van der Waals surface area (Å²) in [5, 5.41) is 4.51. The van der Waals surface area contributed by atoms with Crippen LogP contribution in [0, 0.1) is 0 Å². The summed E-state index contributed by atoms with van der Waals surface area (Å²) in [5.74, 6) is 0. The normalized spacial score (nSPS) is 17.2. The Hall–Kier alpha value is -3.29. The van der Waals surface area contributed by atoms with Crippen molar-refractivity contribution in [3.8, 4) is 17.1 Å². The first-order valence-electron chi connectivity index (χ1n) is 12.0. The minimum absolute atomic E-state index is 0.241. The predicted molar refractivity (Wildman–Crippen MR) is 144 cm³/mol. The lowest BCUT2D eigenvalue weighted by Crippen LogP contribution is -2.24. The van der Waals surface area contributed by atoms with Crippen molar-refractivity contribution >= 4 is 38.9 Å². The number of dihydropyridines is 1. The number of aliphatic imine (C=N–C) groups is 1. The highest BCUT2D eigenvalue weighted by atomic mass is 79.9. The largest absolute Gasteiger partial charge is 0.381 e. The molecule has 2 aromatic rings. The molecule has 6 nitrogen and oxygen atoms in total. The summed E-state index contributed by atoms with van der Waals surface area (Å²) in [5.41, 5.74) is 6.97. The highest BCUT2D eigenvalue weighted by Gasteiger charge is 2.18. The fourth-order valence-corrected chi connectivity index (χ4v) is 4.94. The third-order valence-electron chi connectivity index (χ3n) is 6.43. The quantitative estimate of drug-likeness (QED) is 0.344. The van der Waals surface area contributed by atoms with Crippen molar-refractivity contribution in [2.45, 2.75) is 25.3 Å². The molecule has 3 heterocycles. The van der Waals surface area contributed by atoms with Gasteiger partial charge in [0.05, 0.1) is 45.2 Å². The SMILES string of the molecule is Brc1ccc(-n2c3cc(=NC4CCOCC4)c(NC4=CCCN=C4)cc-3nc3ccccc32)cc1. The Morgan fingerprint density at radius 1 is 1.03 bits per heavy atom. The second-order valence-corrected chi connectivity index (χ2v) is 9.77. The summed E-state index contributed by atoms with van der Waals surface area (Å²) in [6.45, 7) is 2.35. The fourth-order valence-electron chi connectivity index (χ4n) is 4.68. The number of nitrogens with zero attached hydrogens (tertiary/aromatic N) is 4. The lowest BCUT2D eigenvalue weighted by molar-refractivity contribution is 0.0864. The number of halogens is 1. The van der Waals surface area contributed by atoms with Gasteiger partial charge in [-0.15, -0.1) is 0 Å². The van der Waals surface area contributed by atoms with Gasteiger partial charge in [-0.05, 0) is 67.8 Å². The Bertz CT molecular complexity index is 1470. The van der Waals surface area contributed by atoms with E-state index in [9.17, 15) is 0 Å². The molecule has 1 aliphatic carbocycles. The maximum absolute atomic E-state index is 5.57. The zero-order valence-corrected chi connectivity index (χ0v) is 20.9. The van der Waals surface area contributed by atoms with Gasteiger partial charge in [0.1, 0.15) is 0 Å². The van der Waals surface area contributed by atoms with Crippen LogP contribution in [0.5, 0.6) is 0 Å². The van der Waals surface area contributed by atoms with Crippen molar-refractivity contribution in [2.24, 2.45) is 9.98 Å². The molecule has 0 atom stereocenters. The molecule has 0 aromatic heterocycles. The van der Waals surface area contributed by atoms with Crippen LogP contribution in [0.15, 0.2) is 86.9 Å². The molecule has 2 aromatic carbocycles. The number of hydrogen-bond acceptors (Lipinski definition) is 5. The molecule has 7 heteroatoms. The molecule has 35 heavy (non-hydrogen) atoms. The van der Waals surface area contributed by atoms with Gasteiger partial charge >= 0.3 is 0 Å². The predicted octanol–water partition coefficient (Wildman–Crippen LogP) is 5.74. The van der Waals surface area contributed by atoms with Crippen molar-refractivity contribution < 1.29 is 4.74 Å². The van der Waals surface area contributed by atoms with E-state index in [2.05, 4.69) is 91.5 Å². The molecule has 1 saturated heterocycles. The van der Waals surface area contributed by atoms with Crippen LogP contribution in [0.2, 0.25) is 0 Å². The first kappa shape index (κ1) is 22.2. The Morgan fingerprint density at radius 3 is 2.66 bits per heavy atom. The second-order valence-electron chi connectivity index (χ2n) is 8.85. The van der Waals surface area contributed by atoms with Crippen molar-refractivity contribution in [2.75, 3.05) is 25.1 Å². The summed E-state index contributed by atoms with van der Waals surface area (Å²) in [6, 6.07) is 21.2. The molecule has 4 aliphatic rings. The number of para-hydroxylation sites is 2. The highest BCUT2D eigenvalue weighted by molar-refractivity contribution is 9.10. The van der Waals surface area contributed by atoms with Gasteiger partial charge in [-0.2, -0.15) is 0 Å². The third-order valence-corrected chi connectivity index (χ3v) is 6.96. The molecule has 0 bridgehead atoms. The molecule has 3 aliphatic heterocycles. The maximum Gasteiger partial charge on any atom is 0.0900 e. The number of nitrogens with one attached hydrogen (secondary N) is 1. The Balaban J connectivity index is 1.61. The number of allylic oxidation sites excluding steroid dienone is 1. The fraction of sp³-hybridized carbons (Fsp3) is 0.250. The van der Waals surface area contributed by atoms with E-state index in [1.54, 1.807) is 0 Å². The zero-order chi connectivity index (χ0) is 23.6. The Morgan fingerprint density at radius 2 is 1.86 bits per heavy atom. The minimum Gasteiger partial charge on any atom is -0.381 e. The number of ether oxygens (including phenoxy) is 1. The molecule has 1 fully saturated rings. The van der Waals surface area contributed by atoms with Gasteiger partial charge in [0, 0.05) is 36.1 Å². The van der Waals surface area contributed by atoms with Crippen LogP contribution in [0.4, 0.5) is 5.69 Å². The van der Waals surface area contributed by atoms with Gasteiger partial charge in [-0.1, -0.05) is 34.1 Å². The zero-order valence-electron chi connectivity index (χ0n) is 19.3. The van der Waals surface area contributed by atoms with Crippen LogP contribution in [0.25, 0.3) is 28.1 Å². The highest BCUT2D eigenvalue weighted by Crippen LogP contribution is 2.30. The molecular weight excluding hydrogens is 502 g/mol. The summed E-state index contributed by atoms with van der Waals surface area (Å²) in [7, 11) is 0. The van der Waals surface area contributed by atoms with E-state index in [-0.39, 0.29) is 6.04 Å². The number of rotatable bonds is 4. The third kappa shape index (κ3) is 4.66. The van der Waals surface area contributed by atoms with E-state index in [0.717, 1.165) is 88.3 Å². The summed E-state index contributed by atoms with van der Waals surface area (Å²) in [4.78, 5) is 14.7. The molecule has 0 unspecified atom stereocenters. The number of anilines is 1. The minimum atomic E-state index is 0.241. The summed E-state index contributed by atoms with van der Waals surface area (Å²) in [6.07, 6.45) is 6.90. The van der Waals surface area contributed by atoms with Crippen molar-refractivity contribution in [3.05, 3.63) is 82.3 Å². The lowest BCUT2D eigenvalue weighted by atomic mass is 10.1. The average Bonchev–Trinajstić information content (AvgIpc) is 2.90. The maximum atomic E-state index is 5.57. The molecule has 0 saturated carbocycles. The number of aromatic nitrogens is 2. The van der Waals surface area contributed by atoms with Crippen molar-refractivity contribution in [1.82, 2.24) is 9.55 Å². The van der Waals surface area contributed by atoms with Crippen LogP contribution in [0.3, 0.4) is 0 Å². The molecule has 176 valence electrons. The number of hydrogen-bond donors (Lipinski definition) is 1. The van der Waals surface area contributed by atoms with Gasteiger partial charge in [-0.3, -0.25) is 9.98 Å². The van der Waals surface area contributed by atoms with Gasteiger partial charge in [0.15, 0.2) is 0 Å². The van der Waals surface area contributed by atoms with E-state index >= 15 is 0 Å². The van der Waals surface area contributed by atoms with Gasteiger partial charge in [0.25, 0.3) is 0 Å². The van der Waals surface area contributed by atoms with Crippen LogP contribution in [-0.2, 0) is 4.74 Å². The average molecular weight is 528 g/mol. The summed E-state index contributed by atoms with van der Waals surface area (Å²) < 4.78 is 8.90. The van der Waals surface area contributed by atoms with E-state index in [1.165, 1.54) is 0 Å². The Labute approximate surface area is 212 Å². The molecule has 0 radical (unpaired) electrons. The second kappa shape index (κ2) is 9.76. The summed E-state index contributed by atoms with van der Waals surface area (Å²) >= 11 is 3.57. The number of benzene rings is 3. The first-order chi connectivity index (χ1) is 17.2. The van der Waals surface area contributed by atoms with Gasteiger partial charge < -0.3 is 14.6 Å². The van der Waals surface area contributed by atoms with E-state index in [0.29, 0.717) is 0 Å². The molecule has 1 N–H and O–H groups in total. The molecule has 6 rings (SSSR count). The standard InChI is InChI=1S/C28H26BrN5O/c29-19-7-9-22(10-8-19)34-27-6-2-1-5-23(27)33-26-16-24(32-21-4-3-13-30-18-21)25(17-28(26)34)31-20-11-14-35-15-12-20/h1-2,4-10,16-18,20,32H,3,11-15H2. The van der Waals surface area contributed by atoms with Gasteiger partial charge in [0.2, 0.25) is 0 Å². The topological polar surface area (TPSA) is 63.8 Å². The smallest absolute Gasteiger partial charge is 0.0900 e. The van der Waals surface area contributed by atoms with Crippen molar-refractivity contribution in [3.63, 3.8) is 0 Å².